The molecule has 13 heteroatoms. The predicted octanol–water partition coefficient (Wildman–Crippen LogP) is 2.52. The van der Waals surface area contributed by atoms with Gasteiger partial charge >= 0.3 is 11.7 Å². The fourth-order valence-corrected chi connectivity index (χ4v) is 5.79. The number of nitrogens with one attached hydrogen (secondary N) is 1. The molecule has 2 aliphatic rings. The molecule has 0 atom stereocenters. The lowest BCUT2D eigenvalue weighted by Gasteiger charge is -2.38. The second kappa shape index (κ2) is 12.4. The van der Waals surface area contributed by atoms with Gasteiger partial charge in [0.25, 0.3) is 5.56 Å². The number of nitrogens with two attached hydrogens (primary N) is 1. The van der Waals surface area contributed by atoms with Gasteiger partial charge in [-0.15, -0.1) is 0 Å². The first-order valence-electron chi connectivity index (χ1n) is 13.7. The van der Waals surface area contributed by atoms with E-state index < -0.39 is 17.1 Å². The van der Waals surface area contributed by atoms with Gasteiger partial charge < -0.3 is 25.6 Å². The minimum atomic E-state index is -0.711. The first kappa shape index (κ1) is 29.3. The van der Waals surface area contributed by atoms with Crippen molar-refractivity contribution in [3.05, 3.63) is 79.8 Å². The molecule has 3 heterocycles. The molecule has 0 aliphatic carbocycles. The van der Waals surface area contributed by atoms with Crippen LogP contribution in [0.4, 0.5) is 14.9 Å². The monoisotopic (exact) mass is 598 g/mol. The average Bonchev–Trinajstić information content (AvgIpc) is 3.15. The molecule has 3 N–H and O–H groups in total. The zero-order valence-corrected chi connectivity index (χ0v) is 23.9. The molecule has 2 aliphatic heterocycles. The van der Waals surface area contributed by atoms with Gasteiger partial charge in [0, 0.05) is 56.2 Å². The lowest BCUT2D eigenvalue weighted by Crippen LogP contribution is -2.51. The van der Waals surface area contributed by atoms with Crippen molar-refractivity contribution in [2.45, 2.75) is 38.4 Å². The summed E-state index contributed by atoms with van der Waals surface area (Å²) < 4.78 is 21.5. The van der Waals surface area contributed by atoms with E-state index >= 15 is 0 Å². The molecule has 11 nitrogen and oxygen atoms in total. The molecule has 1 aromatic heterocycles. The summed E-state index contributed by atoms with van der Waals surface area (Å²) in [7, 11) is 1.60. The number of rotatable bonds is 7. The Morgan fingerprint density at radius 2 is 1.88 bits per heavy atom. The van der Waals surface area contributed by atoms with Crippen LogP contribution in [0.1, 0.15) is 18.4 Å². The van der Waals surface area contributed by atoms with Gasteiger partial charge in [-0.3, -0.25) is 18.7 Å². The van der Waals surface area contributed by atoms with Gasteiger partial charge in [-0.05, 0) is 49.1 Å². The SMILES string of the molecule is COc1ccc2c(c1)CCN(C1CCN(C(=O)Cn3cc(-c4cccc(F)c4Cl)c(=O)n(CCN)c3=O)CC1)C(=O)N2. The van der Waals surface area contributed by atoms with E-state index in [9.17, 15) is 23.6 Å². The maximum Gasteiger partial charge on any atom is 0.331 e. The minimum absolute atomic E-state index is 0.00940. The molecule has 1 fully saturated rings. The number of carbonyl (C=O) groups is 2. The average molecular weight is 599 g/mol. The van der Waals surface area contributed by atoms with Crippen molar-refractivity contribution < 1.29 is 18.7 Å². The Morgan fingerprint density at radius 1 is 1.12 bits per heavy atom. The van der Waals surface area contributed by atoms with Gasteiger partial charge in [-0.1, -0.05) is 23.7 Å². The van der Waals surface area contributed by atoms with E-state index in [1.807, 2.05) is 23.1 Å². The topological polar surface area (TPSA) is 132 Å². The van der Waals surface area contributed by atoms with Crippen molar-refractivity contribution in [1.29, 1.82) is 0 Å². The van der Waals surface area contributed by atoms with Crippen LogP contribution >= 0.6 is 11.6 Å². The molecular formula is C29H32ClFN6O5. The molecule has 0 saturated carbocycles. The van der Waals surface area contributed by atoms with Gasteiger partial charge in [0.2, 0.25) is 5.91 Å². The van der Waals surface area contributed by atoms with Crippen LogP contribution in [0.25, 0.3) is 11.1 Å². The van der Waals surface area contributed by atoms with E-state index in [0.29, 0.717) is 38.9 Å². The van der Waals surface area contributed by atoms with Crippen LogP contribution in [0.3, 0.4) is 0 Å². The molecule has 0 radical (unpaired) electrons. The smallest absolute Gasteiger partial charge is 0.331 e. The zero-order valence-electron chi connectivity index (χ0n) is 23.1. The molecule has 42 heavy (non-hydrogen) atoms. The van der Waals surface area contributed by atoms with Crippen LogP contribution in [0.15, 0.2) is 52.2 Å². The molecule has 3 aromatic rings. The number of anilines is 1. The molecule has 0 unspecified atom stereocenters. The van der Waals surface area contributed by atoms with Crippen molar-refractivity contribution >= 4 is 29.2 Å². The van der Waals surface area contributed by atoms with Gasteiger partial charge in [0.05, 0.1) is 17.7 Å². The third-order valence-corrected chi connectivity index (χ3v) is 8.22. The number of likely N-dealkylation sites (tertiary alicyclic amines) is 1. The lowest BCUT2D eigenvalue weighted by molar-refractivity contribution is -0.133. The summed E-state index contributed by atoms with van der Waals surface area (Å²) in [6.07, 6.45) is 3.07. The second-order valence-electron chi connectivity index (χ2n) is 10.3. The first-order valence-corrected chi connectivity index (χ1v) is 14.1. The van der Waals surface area contributed by atoms with E-state index in [0.717, 1.165) is 26.1 Å². The number of methoxy groups -OCH3 is 1. The number of carbonyl (C=O) groups excluding carboxylic acids is 2. The van der Waals surface area contributed by atoms with Crippen LogP contribution in [-0.2, 0) is 24.3 Å². The Bertz CT molecular complexity index is 1630. The van der Waals surface area contributed by atoms with Crippen LogP contribution in [0, 0.1) is 5.82 Å². The Labute approximate surface area is 246 Å². The van der Waals surface area contributed by atoms with Gasteiger partial charge in [0.1, 0.15) is 18.1 Å². The summed E-state index contributed by atoms with van der Waals surface area (Å²) in [5.41, 5.74) is 6.14. The number of halogens is 2. The Kier molecular flexibility index (Phi) is 8.64. The van der Waals surface area contributed by atoms with Gasteiger partial charge in [-0.25, -0.2) is 14.0 Å². The number of hydrogen-bond donors (Lipinski definition) is 2. The van der Waals surface area contributed by atoms with E-state index in [1.165, 1.54) is 24.4 Å². The third-order valence-electron chi connectivity index (χ3n) is 7.83. The molecule has 2 aromatic carbocycles. The van der Waals surface area contributed by atoms with Crippen molar-refractivity contribution in [3.8, 4) is 16.9 Å². The van der Waals surface area contributed by atoms with Crippen LogP contribution in [0.2, 0.25) is 5.02 Å². The Balaban J connectivity index is 1.30. The number of urea groups is 1. The summed E-state index contributed by atoms with van der Waals surface area (Å²) >= 11 is 6.14. The number of aromatic nitrogens is 2. The third kappa shape index (κ3) is 5.77. The van der Waals surface area contributed by atoms with E-state index in [-0.39, 0.29) is 53.8 Å². The van der Waals surface area contributed by atoms with Crippen LogP contribution < -0.4 is 27.0 Å². The molecular weight excluding hydrogens is 567 g/mol. The normalized spacial score (nSPS) is 15.7. The molecule has 0 spiro atoms. The maximum absolute atomic E-state index is 14.2. The second-order valence-corrected chi connectivity index (χ2v) is 10.7. The molecule has 222 valence electrons. The molecule has 0 bridgehead atoms. The number of amides is 3. The largest absolute Gasteiger partial charge is 0.497 e. The molecule has 3 amide bonds. The van der Waals surface area contributed by atoms with E-state index in [2.05, 4.69) is 5.32 Å². The summed E-state index contributed by atoms with van der Waals surface area (Å²) in [6, 6.07) is 9.39. The van der Waals surface area contributed by atoms with Gasteiger partial charge in [-0.2, -0.15) is 0 Å². The summed E-state index contributed by atoms with van der Waals surface area (Å²) in [5.74, 6) is -0.297. The Hall–Kier alpha value is -4.16. The van der Waals surface area contributed by atoms with E-state index in [1.54, 1.807) is 12.0 Å². The van der Waals surface area contributed by atoms with E-state index in [4.69, 9.17) is 22.1 Å². The highest BCUT2D eigenvalue weighted by Crippen LogP contribution is 2.29. The summed E-state index contributed by atoms with van der Waals surface area (Å²) in [6.45, 7) is 0.942. The number of piperidine rings is 1. The van der Waals surface area contributed by atoms with Crippen molar-refractivity contribution in [2.75, 3.05) is 38.6 Å². The highest BCUT2D eigenvalue weighted by molar-refractivity contribution is 6.33. The van der Waals surface area contributed by atoms with Gasteiger partial charge in [0.15, 0.2) is 0 Å². The Morgan fingerprint density at radius 3 is 2.60 bits per heavy atom. The number of hydrogen-bond acceptors (Lipinski definition) is 6. The fraction of sp³-hybridized carbons (Fsp3) is 0.379. The highest BCUT2D eigenvalue weighted by atomic mass is 35.5. The number of benzene rings is 2. The predicted molar refractivity (Wildman–Crippen MR) is 156 cm³/mol. The first-order chi connectivity index (χ1) is 20.2. The lowest BCUT2D eigenvalue weighted by atomic mass is 10.0. The molecule has 5 rings (SSSR count). The summed E-state index contributed by atoms with van der Waals surface area (Å²) in [5, 5.41) is 2.73. The number of fused-ring (bicyclic) bond motifs is 1. The van der Waals surface area contributed by atoms with Crippen LogP contribution in [-0.4, -0.2) is 70.2 Å². The fourth-order valence-electron chi connectivity index (χ4n) is 5.57. The van der Waals surface area contributed by atoms with Crippen molar-refractivity contribution in [1.82, 2.24) is 18.9 Å². The highest BCUT2D eigenvalue weighted by Gasteiger charge is 2.32. The zero-order chi connectivity index (χ0) is 30.0. The quantitative estimate of drug-likeness (QED) is 0.430. The van der Waals surface area contributed by atoms with Crippen LogP contribution in [0.5, 0.6) is 5.75 Å². The standard InChI is InChI=1S/C29H32ClFN6O5/c1-42-20-5-6-24-18(15-20)7-13-36(28(40)33-24)19-8-11-34(12-9-19)25(38)17-35-16-22(21-3-2-4-23(31)26(21)30)27(39)37(14-10-32)29(35)41/h2-6,15-16,19H,7-14,17,32H2,1H3,(H,33,40). The maximum atomic E-state index is 14.2. The van der Waals surface area contributed by atoms with Crippen molar-refractivity contribution in [2.24, 2.45) is 5.73 Å². The summed E-state index contributed by atoms with van der Waals surface area (Å²) in [4.78, 5) is 56.0. The minimum Gasteiger partial charge on any atom is -0.497 e. The van der Waals surface area contributed by atoms with Crippen molar-refractivity contribution in [3.63, 3.8) is 0 Å². The number of nitrogens with zero attached hydrogens (tertiary/aromatic N) is 4. The number of ether oxygens (including phenoxy) is 1. The molecule has 1 saturated heterocycles.